The average molecular weight is 261 g/mol. The molecule has 0 saturated carbocycles. The highest BCUT2D eigenvalue weighted by atomic mass is 16.5. The summed E-state index contributed by atoms with van der Waals surface area (Å²) in [6.45, 7) is 2.90. The Balaban J connectivity index is 1.58. The summed E-state index contributed by atoms with van der Waals surface area (Å²) in [5.74, 6) is 0.860. The van der Waals surface area contributed by atoms with Crippen LogP contribution in [0.2, 0.25) is 0 Å². The Hall–Kier alpha value is -1.78. The fraction of sp³-hybridized carbons (Fsp3) is 0.333. The van der Waals surface area contributed by atoms with Gasteiger partial charge in [0.05, 0.1) is 32.8 Å². The second kappa shape index (κ2) is 7.61. The van der Waals surface area contributed by atoms with Crippen molar-refractivity contribution in [1.82, 2.24) is 5.32 Å². The van der Waals surface area contributed by atoms with Gasteiger partial charge in [-0.15, -0.1) is 0 Å². The number of benzene rings is 1. The van der Waals surface area contributed by atoms with Gasteiger partial charge in [0, 0.05) is 18.7 Å². The van der Waals surface area contributed by atoms with Crippen molar-refractivity contribution in [3.63, 3.8) is 0 Å². The van der Waals surface area contributed by atoms with E-state index in [1.165, 1.54) is 0 Å². The van der Waals surface area contributed by atoms with Gasteiger partial charge >= 0.3 is 0 Å². The molecule has 0 saturated heterocycles. The molecule has 2 rings (SSSR count). The Morgan fingerprint density at radius 1 is 1.21 bits per heavy atom. The van der Waals surface area contributed by atoms with Crippen molar-refractivity contribution in [2.45, 2.75) is 13.2 Å². The van der Waals surface area contributed by atoms with E-state index in [4.69, 9.17) is 13.9 Å². The molecule has 0 aliphatic heterocycles. The molecule has 0 fully saturated rings. The summed E-state index contributed by atoms with van der Waals surface area (Å²) in [7, 11) is 1.67. The lowest BCUT2D eigenvalue weighted by atomic mass is 10.2. The molecule has 2 aromatic rings. The molecule has 1 heterocycles. The Labute approximate surface area is 113 Å². The van der Waals surface area contributed by atoms with Crippen molar-refractivity contribution in [1.29, 1.82) is 0 Å². The molecule has 4 heteroatoms. The van der Waals surface area contributed by atoms with E-state index in [1.54, 1.807) is 19.6 Å². The second-order valence-corrected chi connectivity index (χ2v) is 4.21. The minimum absolute atomic E-state index is 0.602. The van der Waals surface area contributed by atoms with Gasteiger partial charge < -0.3 is 19.2 Å². The van der Waals surface area contributed by atoms with E-state index in [2.05, 4.69) is 5.32 Å². The van der Waals surface area contributed by atoms with Gasteiger partial charge in [-0.1, -0.05) is 12.1 Å². The summed E-state index contributed by atoms with van der Waals surface area (Å²) in [4.78, 5) is 0. The lowest BCUT2D eigenvalue weighted by molar-refractivity contribution is 0.122. The smallest absolute Gasteiger partial charge is 0.119 e. The highest BCUT2D eigenvalue weighted by Gasteiger charge is 1.97. The van der Waals surface area contributed by atoms with Gasteiger partial charge in [0.1, 0.15) is 5.75 Å². The minimum Gasteiger partial charge on any atom is -0.497 e. The van der Waals surface area contributed by atoms with Crippen LogP contribution in [0, 0.1) is 0 Å². The molecule has 0 unspecified atom stereocenters. The van der Waals surface area contributed by atoms with Gasteiger partial charge in [0.15, 0.2) is 0 Å². The molecule has 0 aliphatic carbocycles. The summed E-state index contributed by atoms with van der Waals surface area (Å²) in [5.41, 5.74) is 2.27. The van der Waals surface area contributed by atoms with E-state index in [0.717, 1.165) is 30.0 Å². The molecule has 0 atom stereocenters. The molecule has 1 aromatic heterocycles. The van der Waals surface area contributed by atoms with Crippen LogP contribution < -0.4 is 10.1 Å². The number of nitrogens with one attached hydrogen (secondary N) is 1. The standard InChI is InChI=1S/C15H19NO3/c1-17-15-4-2-3-13(9-15)11-19-8-6-16-10-14-5-7-18-12-14/h2-5,7,9,12,16H,6,8,10-11H2,1H3. The summed E-state index contributed by atoms with van der Waals surface area (Å²) in [6.07, 6.45) is 3.42. The Morgan fingerprint density at radius 2 is 2.16 bits per heavy atom. The largest absolute Gasteiger partial charge is 0.497 e. The summed E-state index contributed by atoms with van der Waals surface area (Å²) in [6, 6.07) is 9.86. The maximum absolute atomic E-state index is 5.60. The quantitative estimate of drug-likeness (QED) is 0.742. The highest BCUT2D eigenvalue weighted by molar-refractivity contribution is 5.27. The summed E-state index contributed by atoms with van der Waals surface area (Å²) < 4.78 is 15.8. The first-order valence-electron chi connectivity index (χ1n) is 6.31. The number of ether oxygens (including phenoxy) is 2. The topological polar surface area (TPSA) is 43.6 Å². The van der Waals surface area contributed by atoms with Crippen molar-refractivity contribution in [3.05, 3.63) is 54.0 Å². The number of hydrogen-bond donors (Lipinski definition) is 1. The normalized spacial score (nSPS) is 10.6. The molecule has 0 amide bonds. The third kappa shape index (κ3) is 4.77. The van der Waals surface area contributed by atoms with Crippen LogP contribution in [-0.2, 0) is 17.9 Å². The van der Waals surface area contributed by atoms with E-state index >= 15 is 0 Å². The fourth-order valence-electron chi connectivity index (χ4n) is 1.72. The van der Waals surface area contributed by atoms with Crippen molar-refractivity contribution in [2.24, 2.45) is 0 Å². The Bertz CT molecular complexity index is 468. The molecule has 1 N–H and O–H groups in total. The Morgan fingerprint density at radius 3 is 2.95 bits per heavy atom. The molecule has 19 heavy (non-hydrogen) atoms. The molecule has 0 spiro atoms. The summed E-state index contributed by atoms with van der Waals surface area (Å²) in [5, 5.41) is 3.29. The van der Waals surface area contributed by atoms with Gasteiger partial charge in [0.25, 0.3) is 0 Å². The first-order chi connectivity index (χ1) is 9.38. The predicted octanol–water partition coefficient (Wildman–Crippen LogP) is 2.59. The lowest BCUT2D eigenvalue weighted by Gasteiger charge is -2.07. The zero-order valence-electron chi connectivity index (χ0n) is 11.1. The molecule has 1 aromatic carbocycles. The zero-order chi connectivity index (χ0) is 13.3. The van der Waals surface area contributed by atoms with Crippen LogP contribution in [0.15, 0.2) is 47.3 Å². The van der Waals surface area contributed by atoms with Gasteiger partial charge in [-0.2, -0.15) is 0 Å². The van der Waals surface area contributed by atoms with E-state index in [0.29, 0.717) is 13.2 Å². The number of methoxy groups -OCH3 is 1. The monoisotopic (exact) mass is 261 g/mol. The molecule has 102 valence electrons. The van der Waals surface area contributed by atoms with Crippen LogP contribution in [0.5, 0.6) is 5.75 Å². The van der Waals surface area contributed by atoms with E-state index in [9.17, 15) is 0 Å². The van der Waals surface area contributed by atoms with Crippen molar-refractivity contribution < 1.29 is 13.9 Å². The van der Waals surface area contributed by atoms with Crippen LogP contribution in [-0.4, -0.2) is 20.3 Å². The van der Waals surface area contributed by atoms with Gasteiger partial charge in [-0.25, -0.2) is 0 Å². The predicted molar refractivity (Wildman–Crippen MR) is 73.1 cm³/mol. The first kappa shape index (κ1) is 13.6. The molecule has 0 radical (unpaired) electrons. The molecular formula is C15H19NO3. The van der Waals surface area contributed by atoms with Gasteiger partial charge in [-0.3, -0.25) is 0 Å². The van der Waals surface area contributed by atoms with Gasteiger partial charge in [-0.05, 0) is 23.8 Å². The number of hydrogen-bond acceptors (Lipinski definition) is 4. The SMILES string of the molecule is COc1cccc(COCCNCc2ccoc2)c1. The van der Waals surface area contributed by atoms with Crippen molar-refractivity contribution in [2.75, 3.05) is 20.3 Å². The minimum atomic E-state index is 0.602. The van der Waals surface area contributed by atoms with Crippen LogP contribution in [0.25, 0.3) is 0 Å². The van der Waals surface area contributed by atoms with Crippen LogP contribution >= 0.6 is 0 Å². The third-order valence-corrected chi connectivity index (χ3v) is 2.74. The van der Waals surface area contributed by atoms with Crippen LogP contribution in [0.1, 0.15) is 11.1 Å². The molecule has 4 nitrogen and oxygen atoms in total. The van der Waals surface area contributed by atoms with Gasteiger partial charge in [0.2, 0.25) is 0 Å². The fourth-order valence-corrected chi connectivity index (χ4v) is 1.72. The number of furan rings is 1. The zero-order valence-corrected chi connectivity index (χ0v) is 11.1. The Kier molecular flexibility index (Phi) is 5.47. The summed E-state index contributed by atoms with van der Waals surface area (Å²) >= 11 is 0. The van der Waals surface area contributed by atoms with E-state index in [1.807, 2.05) is 30.3 Å². The number of rotatable bonds is 8. The first-order valence-corrected chi connectivity index (χ1v) is 6.31. The van der Waals surface area contributed by atoms with E-state index in [-0.39, 0.29) is 0 Å². The molecular weight excluding hydrogens is 242 g/mol. The maximum Gasteiger partial charge on any atom is 0.119 e. The van der Waals surface area contributed by atoms with Crippen molar-refractivity contribution in [3.8, 4) is 5.75 Å². The average Bonchev–Trinajstić information content (AvgIpc) is 2.96. The van der Waals surface area contributed by atoms with Crippen molar-refractivity contribution >= 4 is 0 Å². The van der Waals surface area contributed by atoms with Crippen LogP contribution in [0.3, 0.4) is 0 Å². The maximum atomic E-state index is 5.60. The molecule has 0 aliphatic rings. The second-order valence-electron chi connectivity index (χ2n) is 4.21. The highest BCUT2D eigenvalue weighted by Crippen LogP contribution is 2.12. The lowest BCUT2D eigenvalue weighted by Crippen LogP contribution is -2.18. The van der Waals surface area contributed by atoms with E-state index < -0.39 is 0 Å². The third-order valence-electron chi connectivity index (χ3n) is 2.74. The molecule has 0 bridgehead atoms. The van der Waals surface area contributed by atoms with Crippen LogP contribution in [0.4, 0.5) is 0 Å².